The maximum absolute atomic E-state index is 11.0. The van der Waals surface area contributed by atoms with E-state index in [1.165, 1.54) is 0 Å². The molecule has 21 heavy (non-hydrogen) atoms. The first kappa shape index (κ1) is 14.2. The number of benzene rings is 1. The van der Waals surface area contributed by atoms with Gasteiger partial charge in [0.05, 0.1) is 16.7 Å². The number of aldehydes is 1. The molecule has 0 spiro atoms. The molecule has 3 rings (SSSR count). The second-order valence-electron chi connectivity index (χ2n) is 6.38. The normalized spacial score (nSPS) is 19.9. The molecule has 0 N–H and O–H groups in total. The Bertz CT molecular complexity index is 696. The SMILES string of the molecule is CC1(C)OB(c2ccnc3ccc(C=O)cc23)OC1(C)C. The third-order valence-electron chi connectivity index (χ3n) is 4.44. The molecule has 1 aliphatic rings. The molecule has 2 heterocycles. The van der Waals surface area contributed by atoms with E-state index in [0.29, 0.717) is 5.56 Å². The number of pyridine rings is 1. The summed E-state index contributed by atoms with van der Waals surface area (Å²) in [5.74, 6) is 0. The lowest BCUT2D eigenvalue weighted by atomic mass is 9.77. The van der Waals surface area contributed by atoms with Crippen molar-refractivity contribution in [1.82, 2.24) is 4.98 Å². The van der Waals surface area contributed by atoms with Crippen LogP contribution in [0.1, 0.15) is 38.1 Å². The van der Waals surface area contributed by atoms with Gasteiger partial charge >= 0.3 is 7.12 Å². The van der Waals surface area contributed by atoms with E-state index < -0.39 is 18.3 Å². The predicted molar refractivity (Wildman–Crippen MR) is 82.8 cm³/mol. The van der Waals surface area contributed by atoms with Crippen LogP contribution in [0.4, 0.5) is 0 Å². The molecule has 0 radical (unpaired) electrons. The number of fused-ring (bicyclic) bond motifs is 1. The van der Waals surface area contributed by atoms with Crippen molar-refractivity contribution in [2.75, 3.05) is 0 Å². The van der Waals surface area contributed by atoms with Crippen molar-refractivity contribution in [3.8, 4) is 0 Å². The van der Waals surface area contributed by atoms with Crippen LogP contribution >= 0.6 is 0 Å². The highest BCUT2D eigenvalue weighted by molar-refractivity contribution is 6.65. The summed E-state index contributed by atoms with van der Waals surface area (Å²) in [6.07, 6.45) is 2.57. The van der Waals surface area contributed by atoms with Gasteiger partial charge in [-0.1, -0.05) is 0 Å². The number of aromatic nitrogens is 1. The van der Waals surface area contributed by atoms with Crippen LogP contribution in [0.2, 0.25) is 0 Å². The Morgan fingerprint density at radius 1 is 1.10 bits per heavy atom. The largest absolute Gasteiger partial charge is 0.495 e. The highest BCUT2D eigenvalue weighted by Gasteiger charge is 2.52. The second kappa shape index (κ2) is 4.65. The number of nitrogens with zero attached hydrogens (tertiary/aromatic N) is 1. The number of carbonyl (C=O) groups is 1. The monoisotopic (exact) mass is 283 g/mol. The number of hydrogen-bond acceptors (Lipinski definition) is 4. The lowest BCUT2D eigenvalue weighted by molar-refractivity contribution is 0.00578. The third kappa shape index (κ3) is 2.26. The van der Waals surface area contributed by atoms with Crippen molar-refractivity contribution in [3.05, 3.63) is 36.0 Å². The van der Waals surface area contributed by atoms with Crippen LogP contribution in [0.3, 0.4) is 0 Å². The quantitative estimate of drug-likeness (QED) is 0.627. The van der Waals surface area contributed by atoms with Crippen LogP contribution in [-0.4, -0.2) is 29.6 Å². The standard InChI is InChI=1S/C16H18BNO3/c1-15(2)16(3,4)21-17(20-15)13-7-8-18-14-6-5-11(10-19)9-12(13)14/h5-10H,1-4H3. The molecule has 5 heteroatoms. The molecule has 0 atom stereocenters. The minimum atomic E-state index is -0.456. The van der Waals surface area contributed by atoms with Gasteiger partial charge in [0.15, 0.2) is 0 Å². The Morgan fingerprint density at radius 3 is 2.38 bits per heavy atom. The average Bonchev–Trinajstić information content (AvgIpc) is 2.66. The summed E-state index contributed by atoms with van der Waals surface area (Å²) in [6.45, 7) is 8.08. The smallest absolute Gasteiger partial charge is 0.399 e. The number of carbonyl (C=O) groups excluding carboxylic acids is 1. The van der Waals surface area contributed by atoms with E-state index in [0.717, 1.165) is 22.7 Å². The maximum Gasteiger partial charge on any atom is 0.495 e. The zero-order valence-electron chi connectivity index (χ0n) is 12.7. The zero-order valence-corrected chi connectivity index (χ0v) is 12.7. The summed E-state index contributed by atoms with van der Waals surface area (Å²) < 4.78 is 12.2. The van der Waals surface area contributed by atoms with Gasteiger partial charge in [-0.3, -0.25) is 9.78 Å². The average molecular weight is 283 g/mol. The summed E-state index contributed by atoms with van der Waals surface area (Å²) in [5, 5.41) is 0.889. The molecule has 0 amide bonds. The van der Waals surface area contributed by atoms with E-state index in [1.807, 2.05) is 45.9 Å². The van der Waals surface area contributed by atoms with Crippen LogP contribution in [0.5, 0.6) is 0 Å². The third-order valence-corrected chi connectivity index (χ3v) is 4.44. The van der Waals surface area contributed by atoms with E-state index >= 15 is 0 Å². The van der Waals surface area contributed by atoms with Crippen molar-refractivity contribution >= 4 is 29.8 Å². The van der Waals surface area contributed by atoms with Crippen molar-refractivity contribution in [1.29, 1.82) is 0 Å². The first-order valence-corrected chi connectivity index (χ1v) is 7.03. The molecule has 0 unspecified atom stereocenters. The van der Waals surface area contributed by atoms with Gasteiger partial charge in [-0.05, 0) is 57.4 Å². The lowest BCUT2D eigenvalue weighted by Gasteiger charge is -2.32. The first-order valence-electron chi connectivity index (χ1n) is 7.03. The maximum atomic E-state index is 11.0. The molecule has 0 bridgehead atoms. The Morgan fingerprint density at radius 2 is 1.76 bits per heavy atom. The van der Waals surface area contributed by atoms with Crippen LogP contribution in [-0.2, 0) is 9.31 Å². The highest BCUT2D eigenvalue weighted by Crippen LogP contribution is 2.36. The fraction of sp³-hybridized carbons (Fsp3) is 0.375. The van der Waals surface area contributed by atoms with E-state index in [2.05, 4.69) is 4.98 Å². The molecule has 108 valence electrons. The Hall–Kier alpha value is -1.72. The molecule has 1 fully saturated rings. The fourth-order valence-corrected chi connectivity index (χ4v) is 2.43. The first-order chi connectivity index (χ1) is 9.84. The van der Waals surface area contributed by atoms with Crippen LogP contribution in [0.15, 0.2) is 30.5 Å². The van der Waals surface area contributed by atoms with Gasteiger partial charge in [0.1, 0.15) is 6.29 Å². The Balaban J connectivity index is 2.11. The van der Waals surface area contributed by atoms with Gasteiger partial charge in [-0.25, -0.2) is 0 Å². The summed E-state index contributed by atoms with van der Waals surface area (Å²) in [4.78, 5) is 15.3. The molecule has 1 saturated heterocycles. The van der Waals surface area contributed by atoms with Gasteiger partial charge in [-0.2, -0.15) is 0 Å². The summed E-state index contributed by atoms with van der Waals surface area (Å²) in [6, 6.07) is 7.32. The molecule has 1 aromatic heterocycles. The predicted octanol–water partition coefficient (Wildman–Crippen LogP) is 2.35. The van der Waals surface area contributed by atoms with Crippen LogP contribution in [0.25, 0.3) is 10.9 Å². The molecule has 1 aromatic carbocycles. The Kier molecular flexibility index (Phi) is 3.15. The van der Waals surface area contributed by atoms with Crippen LogP contribution < -0.4 is 5.46 Å². The van der Waals surface area contributed by atoms with Gasteiger partial charge < -0.3 is 9.31 Å². The molecule has 4 nitrogen and oxygen atoms in total. The number of rotatable bonds is 2. The summed E-state index contributed by atoms with van der Waals surface area (Å²) in [7, 11) is -0.456. The second-order valence-corrected chi connectivity index (χ2v) is 6.38. The van der Waals surface area contributed by atoms with E-state index in [4.69, 9.17) is 9.31 Å². The van der Waals surface area contributed by atoms with Gasteiger partial charge in [0.25, 0.3) is 0 Å². The van der Waals surface area contributed by atoms with E-state index in [1.54, 1.807) is 12.3 Å². The minimum absolute atomic E-state index is 0.393. The van der Waals surface area contributed by atoms with Gasteiger partial charge in [0.2, 0.25) is 0 Å². The summed E-state index contributed by atoms with van der Waals surface area (Å²) >= 11 is 0. The van der Waals surface area contributed by atoms with Gasteiger partial charge in [0, 0.05) is 17.1 Å². The minimum Gasteiger partial charge on any atom is -0.399 e. The van der Waals surface area contributed by atoms with Crippen molar-refractivity contribution in [2.24, 2.45) is 0 Å². The van der Waals surface area contributed by atoms with Crippen LogP contribution in [0, 0.1) is 0 Å². The molecular formula is C16H18BNO3. The van der Waals surface area contributed by atoms with Crippen molar-refractivity contribution in [2.45, 2.75) is 38.9 Å². The molecule has 0 saturated carbocycles. The van der Waals surface area contributed by atoms with Crippen molar-refractivity contribution in [3.63, 3.8) is 0 Å². The lowest BCUT2D eigenvalue weighted by Crippen LogP contribution is -2.41. The van der Waals surface area contributed by atoms with E-state index in [9.17, 15) is 4.79 Å². The zero-order chi connectivity index (χ0) is 15.3. The van der Waals surface area contributed by atoms with Gasteiger partial charge in [-0.15, -0.1) is 0 Å². The van der Waals surface area contributed by atoms with E-state index in [-0.39, 0.29) is 0 Å². The fourth-order valence-electron chi connectivity index (χ4n) is 2.43. The highest BCUT2D eigenvalue weighted by atomic mass is 16.7. The van der Waals surface area contributed by atoms with Crippen molar-refractivity contribution < 1.29 is 14.1 Å². The Labute approximate surface area is 124 Å². The summed E-state index contributed by atoms with van der Waals surface area (Å²) in [5.41, 5.74) is 1.56. The molecule has 1 aliphatic heterocycles. The number of hydrogen-bond donors (Lipinski definition) is 0. The molecule has 2 aromatic rings. The molecule has 0 aliphatic carbocycles. The topological polar surface area (TPSA) is 48.4 Å². The molecular weight excluding hydrogens is 265 g/mol.